The summed E-state index contributed by atoms with van der Waals surface area (Å²) in [6.45, 7) is 2.86. The van der Waals surface area contributed by atoms with Gasteiger partial charge in [0.05, 0.1) is 18.9 Å². The molecule has 1 fully saturated rings. The molecule has 1 heterocycles. The highest BCUT2D eigenvalue weighted by Crippen LogP contribution is 2.17. The van der Waals surface area contributed by atoms with Gasteiger partial charge in [-0.2, -0.15) is 4.31 Å². The minimum absolute atomic E-state index is 0.0538. The predicted molar refractivity (Wildman–Crippen MR) is 129 cm³/mol. The summed E-state index contributed by atoms with van der Waals surface area (Å²) in [5, 5.41) is 0. The molecule has 0 amide bonds. The Bertz CT molecular complexity index is 1170. The third kappa shape index (κ3) is 7.89. The number of halogens is 1. The van der Waals surface area contributed by atoms with Crippen LogP contribution in [0.25, 0.3) is 0 Å². The first-order chi connectivity index (χ1) is 16.6. The molecule has 2 aromatic carbocycles. The molecular formula is C23H29FN3O6S2-. The summed E-state index contributed by atoms with van der Waals surface area (Å²) in [5.41, 5.74) is 2.20. The molecule has 2 aromatic rings. The highest BCUT2D eigenvalue weighted by molar-refractivity contribution is 7.88. The normalized spacial score (nSPS) is 16.4. The molecule has 1 aliphatic rings. The Kier molecular flexibility index (Phi) is 9.50. The fourth-order valence-corrected chi connectivity index (χ4v) is 5.24. The molecule has 3 rings (SSSR count). The number of carbonyl (C=O) groups is 1. The van der Waals surface area contributed by atoms with Crippen LogP contribution in [0.4, 0.5) is 4.39 Å². The summed E-state index contributed by atoms with van der Waals surface area (Å²) >= 11 is -2.56. The van der Waals surface area contributed by atoms with E-state index in [-0.39, 0.29) is 24.2 Å². The number of hydrogen-bond donors (Lipinski definition) is 0. The van der Waals surface area contributed by atoms with E-state index >= 15 is 0 Å². The van der Waals surface area contributed by atoms with Crippen LogP contribution in [0.1, 0.15) is 27.0 Å². The number of rotatable bonds is 10. The summed E-state index contributed by atoms with van der Waals surface area (Å²) in [6, 6.07) is 11.6. The number of piperazine rings is 1. The van der Waals surface area contributed by atoms with Crippen molar-refractivity contribution in [2.75, 3.05) is 46.1 Å². The molecule has 35 heavy (non-hydrogen) atoms. The zero-order valence-corrected chi connectivity index (χ0v) is 21.3. The second kappa shape index (κ2) is 12.2. The fourth-order valence-electron chi connectivity index (χ4n) is 3.93. The van der Waals surface area contributed by atoms with E-state index in [2.05, 4.69) is 9.64 Å². The number of sulfonamides is 1. The molecule has 0 saturated carbocycles. The van der Waals surface area contributed by atoms with Gasteiger partial charge in [-0.25, -0.2) is 21.9 Å². The second-order valence-electron chi connectivity index (χ2n) is 8.39. The summed E-state index contributed by atoms with van der Waals surface area (Å²) in [5.74, 6) is -1.35. The maximum absolute atomic E-state index is 14.4. The van der Waals surface area contributed by atoms with Gasteiger partial charge in [-0.15, -0.1) is 0 Å². The smallest absolute Gasteiger partial charge is 0.337 e. The molecule has 0 N–H and O–H groups in total. The van der Waals surface area contributed by atoms with Crippen LogP contribution in [0, 0.1) is 5.82 Å². The number of carbonyl (C=O) groups excluding carboxylic acids is 1. The van der Waals surface area contributed by atoms with Crippen LogP contribution in [0.5, 0.6) is 0 Å². The average molecular weight is 527 g/mol. The molecule has 1 aliphatic heterocycles. The number of hydrogen-bond acceptors (Lipinski definition) is 7. The van der Waals surface area contributed by atoms with Gasteiger partial charge in [0.2, 0.25) is 10.0 Å². The lowest BCUT2D eigenvalue weighted by Crippen LogP contribution is -2.47. The Balaban J connectivity index is 1.58. The summed E-state index contributed by atoms with van der Waals surface area (Å²) < 4.78 is 68.5. The Hall–Kier alpha value is -2.22. The molecule has 192 valence electrons. The van der Waals surface area contributed by atoms with E-state index in [1.807, 2.05) is 24.3 Å². The van der Waals surface area contributed by atoms with Crippen molar-refractivity contribution in [3.05, 3.63) is 70.5 Å². The third-order valence-corrected chi connectivity index (χ3v) is 7.92. The molecular weight excluding hydrogens is 497 g/mol. The minimum Gasteiger partial charge on any atom is -0.760 e. The zero-order chi connectivity index (χ0) is 25.6. The van der Waals surface area contributed by atoms with Gasteiger partial charge in [0.15, 0.2) is 0 Å². The van der Waals surface area contributed by atoms with Crippen LogP contribution in [0.3, 0.4) is 0 Å². The highest BCUT2D eigenvalue weighted by Gasteiger charge is 2.23. The monoisotopic (exact) mass is 526 g/mol. The summed E-state index contributed by atoms with van der Waals surface area (Å²) in [6.07, 6.45) is 1.65. The first-order valence-electron chi connectivity index (χ1n) is 11.0. The van der Waals surface area contributed by atoms with E-state index in [0.29, 0.717) is 39.1 Å². The lowest BCUT2D eigenvalue weighted by atomic mass is 10.1. The van der Waals surface area contributed by atoms with E-state index < -0.39 is 33.1 Å². The first kappa shape index (κ1) is 27.4. The van der Waals surface area contributed by atoms with Crippen molar-refractivity contribution in [3.63, 3.8) is 0 Å². The summed E-state index contributed by atoms with van der Waals surface area (Å²) in [7, 11) is -1.98. The van der Waals surface area contributed by atoms with Gasteiger partial charge in [0.1, 0.15) is 5.82 Å². The van der Waals surface area contributed by atoms with Crippen molar-refractivity contribution in [2.24, 2.45) is 0 Å². The maximum atomic E-state index is 14.4. The molecule has 0 spiro atoms. The quantitative estimate of drug-likeness (QED) is 0.341. The molecule has 0 radical (unpaired) electrons. The van der Waals surface area contributed by atoms with Crippen molar-refractivity contribution in [1.29, 1.82) is 0 Å². The maximum Gasteiger partial charge on any atom is 0.337 e. The van der Waals surface area contributed by atoms with Crippen molar-refractivity contribution in [3.8, 4) is 0 Å². The van der Waals surface area contributed by atoms with Crippen LogP contribution >= 0.6 is 0 Å². The van der Waals surface area contributed by atoms with Crippen LogP contribution in [0.2, 0.25) is 0 Å². The topological polar surface area (TPSA) is 110 Å². The van der Waals surface area contributed by atoms with Crippen LogP contribution in [-0.4, -0.2) is 82.7 Å². The average Bonchev–Trinajstić information content (AvgIpc) is 2.82. The van der Waals surface area contributed by atoms with Crippen LogP contribution in [0.15, 0.2) is 42.5 Å². The van der Waals surface area contributed by atoms with Crippen molar-refractivity contribution >= 4 is 27.3 Å². The van der Waals surface area contributed by atoms with Gasteiger partial charge in [-0.1, -0.05) is 30.3 Å². The largest absolute Gasteiger partial charge is 0.760 e. The molecule has 0 bridgehead atoms. The minimum atomic E-state index is -3.18. The Morgan fingerprint density at radius 3 is 2.43 bits per heavy atom. The Morgan fingerprint density at radius 2 is 1.83 bits per heavy atom. The lowest BCUT2D eigenvalue weighted by Gasteiger charge is -2.33. The van der Waals surface area contributed by atoms with E-state index in [0.717, 1.165) is 21.5 Å². The summed E-state index contributed by atoms with van der Waals surface area (Å²) in [4.78, 5) is 13.7. The van der Waals surface area contributed by atoms with Crippen molar-refractivity contribution in [2.45, 2.75) is 19.5 Å². The van der Waals surface area contributed by atoms with Gasteiger partial charge < -0.3 is 9.29 Å². The highest BCUT2D eigenvalue weighted by atomic mass is 32.2. The van der Waals surface area contributed by atoms with Crippen molar-refractivity contribution < 1.29 is 31.1 Å². The number of benzene rings is 2. The predicted octanol–water partition coefficient (Wildman–Crippen LogP) is 1.53. The molecule has 0 aromatic heterocycles. The SMILES string of the molecule is COC(=O)c1ccc(CN(CCc2cccc(CN3CCN(S(C)(=O)=O)CC3)c2)S(=O)[O-])c(F)c1. The number of ether oxygens (including phenoxy) is 1. The molecule has 1 saturated heterocycles. The standard InChI is InChI=1S/C23H30FN3O6S2/c1-33-23(28)20-6-7-21(22(24)15-20)17-26(34(29)30)9-8-18-4-3-5-19(14-18)16-25-10-12-27(13-11-25)35(2,31)32/h3-7,14-15H,8-13,16-17H2,1-2H3,(H,29,30)/p-1. The molecule has 12 heteroatoms. The molecule has 1 unspecified atom stereocenters. The van der Waals surface area contributed by atoms with Gasteiger partial charge in [0.25, 0.3) is 0 Å². The van der Waals surface area contributed by atoms with E-state index in [1.165, 1.54) is 29.8 Å². The van der Waals surface area contributed by atoms with Gasteiger partial charge >= 0.3 is 5.97 Å². The molecule has 1 atom stereocenters. The third-order valence-electron chi connectivity index (χ3n) is 5.88. The van der Waals surface area contributed by atoms with Gasteiger partial charge in [0, 0.05) is 62.6 Å². The number of methoxy groups -OCH3 is 1. The van der Waals surface area contributed by atoms with Gasteiger partial charge in [-0.3, -0.25) is 9.11 Å². The number of esters is 1. The fraction of sp³-hybridized carbons (Fsp3) is 0.435. The van der Waals surface area contributed by atoms with Crippen LogP contribution < -0.4 is 0 Å². The van der Waals surface area contributed by atoms with Crippen LogP contribution in [-0.2, 0) is 45.5 Å². The molecule has 0 aliphatic carbocycles. The molecule has 9 nitrogen and oxygen atoms in total. The lowest BCUT2D eigenvalue weighted by molar-refractivity contribution is 0.0600. The van der Waals surface area contributed by atoms with E-state index in [4.69, 9.17) is 0 Å². The van der Waals surface area contributed by atoms with Crippen molar-refractivity contribution in [1.82, 2.24) is 13.5 Å². The second-order valence-corrected chi connectivity index (χ2v) is 11.3. The first-order valence-corrected chi connectivity index (χ1v) is 13.9. The number of nitrogens with zero attached hydrogens (tertiary/aromatic N) is 3. The Morgan fingerprint density at radius 1 is 1.14 bits per heavy atom. The Labute approximate surface area is 207 Å². The van der Waals surface area contributed by atoms with Gasteiger partial charge in [-0.05, 0) is 29.7 Å². The van der Waals surface area contributed by atoms with E-state index in [9.17, 15) is 26.4 Å². The zero-order valence-electron chi connectivity index (χ0n) is 19.7. The van der Waals surface area contributed by atoms with E-state index in [1.54, 1.807) is 0 Å².